The van der Waals surface area contributed by atoms with Gasteiger partial charge in [0.2, 0.25) is 5.91 Å². The SMILES string of the molecule is Nc1cc(Cl)cc(C(=O)N2CCC3NC(=O)CCC3C2)c1. The van der Waals surface area contributed by atoms with Gasteiger partial charge in [0, 0.05) is 41.8 Å². The van der Waals surface area contributed by atoms with Crippen molar-refractivity contribution in [1.82, 2.24) is 10.2 Å². The highest BCUT2D eigenvalue weighted by molar-refractivity contribution is 6.31. The van der Waals surface area contributed by atoms with Crippen LogP contribution in [0.3, 0.4) is 0 Å². The van der Waals surface area contributed by atoms with Crippen LogP contribution in [0.5, 0.6) is 0 Å². The second-order valence-corrected chi connectivity index (χ2v) is 6.22. The van der Waals surface area contributed by atoms with Gasteiger partial charge in [-0.25, -0.2) is 0 Å². The van der Waals surface area contributed by atoms with E-state index >= 15 is 0 Å². The third-order valence-corrected chi connectivity index (χ3v) is 4.50. The maximum Gasteiger partial charge on any atom is 0.253 e. The molecule has 0 saturated carbocycles. The zero-order valence-corrected chi connectivity index (χ0v) is 12.4. The molecule has 3 N–H and O–H groups in total. The predicted octanol–water partition coefficient (Wildman–Crippen LogP) is 1.66. The number of hydrogen-bond acceptors (Lipinski definition) is 3. The van der Waals surface area contributed by atoms with Crippen LogP contribution in [0.2, 0.25) is 5.02 Å². The summed E-state index contributed by atoms with van der Waals surface area (Å²) in [6.07, 6.45) is 2.20. The third kappa shape index (κ3) is 2.97. The molecule has 112 valence electrons. The Morgan fingerprint density at radius 3 is 2.90 bits per heavy atom. The van der Waals surface area contributed by atoms with Crippen molar-refractivity contribution < 1.29 is 9.59 Å². The van der Waals surface area contributed by atoms with Crippen LogP contribution in [-0.4, -0.2) is 35.8 Å². The Bertz CT molecular complexity index is 570. The first kappa shape index (κ1) is 14.2. The normalized spacial score (nSPS) is 25.2. The molecule has 2 fully saturated rings. The van der Waals surface area contributed by atoms with E-state index < -0.39 is 0 Å². The topological polar surface area (TPSA) is 75.4 Å². The number of anilines is 1. The number of piperidine rings is 2. The second-order valence-electron chi connectivity index (χ2n) is 5.79. The molecule has 0 aliphatic carbocycles. The molecule has 2 aliphatic heterocycles. The maximum atomic E-state index is 12.6. The molecule has 5 nitrogen and oxygen atoms in total. The minimum absolute atomic E-state index is 0.0421. The number of amides is 2. The predicted molar refractivity (Wildman–Crippen MR) is 81.0 cm³/mol. The van der Waals surface area contributed by atoms with Gasteiger partial charge in [-0.15, -0.1) is 0 Å². The number of nitrogens with one attached hydrogen (secondary N) is 1. The van der Waals surface area contributed by atoms with Crippen molar-refractivity contribution in [3.63, 3.8) is 0 Å². The average Bonchev–Trinajstić information content (AvgIpc) is 2.45. The van der Waals surface area contributed by atoms with Gasteiger partial charge in [0.05, 0.1) is 0 Å². The van der Waals surface area contributed by atoms with Gasteiger partial charge in [-0.05, 0) is 37.0 Å². The number of rotatable bonds is 1. The lowest BCUT2D eigenvalue weighted by molar-refractivity contribution is -0.125. The maximum absolute atomic E-state index is 12.6. The van der Waals surface area contributed by atoms with Gasteiger partial charge in [0.15, 0.2) is 0 Å². The van der Waals surface area contributed by atoms with Gasteiger partial charge in [-0.2, -0.15) is 0 Å². The minimum atomic E-state index is -0.0421. The van der Waals surface area contributed by atoms with Gasteiger partial charge in [0.25, 0.3) is 5.91 Å². The zero-order valence-electron chi connectivity index (χ0n) is 11.6. The first-order valence-electron chi connectivity index (χ1n) is 7.17. The fourth-order valence-corrected chi connectivity index (χ4v) is 3.46. The van der Waals surface area contributed by atoms with E-state index in [0.29, 0.717) is 41.7 Å². The highest BCUT2D eigenvalue weighted by atomic mass is 35.5. The van der Waals surface area contributed by atoms with Crippen molar-refractivity contribution in [2.24, 2.45) is 5.92 Å². The highest BCUT2D eigenvalue weighted by Crippen LogP contribution is 2.27. The molecule has 2 unspecified atom stereocenters. The number of nitrogens with zero attached hydrogens (tertiary/aromatic N) is 1. The van der Waals surface area contributed by atoms with E-state index in [4.69, 9.17) is 17.3 Å². The van der Waals surface area contributed by atoms with Crippen molar-refractivity contribution >= 4 is 29.1 Å². The van der Waals surface area contributed by atoms with Gasteiger partial charge in [-0.1, -0.05) is 11.6 Å². The molecular weight excluding hydrogens is 290 g/mol. The summed E-state index contributed by atoms with van der Waals surface area (Å²) < 4.78 is 0. The summed E-state index contributed by atoms with van der Waals surface area (Å²) in [5.74, 6) is 0.426. The number of halogens is 1. The molecule has 2 aliphatic rings. The summed E-state index contributed by atoms with van der Waals surface area (Å²) in [7, 11) is 0. The van der Waals surface area contributed by atoms with Crippen LogP contribution in [0.15, 0.2) is 18.2 Å². The number of hydrogen-bond donors (Lipinski definition) is 2. The Balaban J connectivity index is 1.73. The van der Waals surface area contributed by atoms with Crippen LogP contribution >= 0.6 is 11.6 Å². The molecule has 1 aromatic rings. The molecule has 0 spiro atoms. The molecular formula is C15H18ClN3O2. The van der Waals surface area contributed by atoms with Crippen LogP contribution in [-0.2, 0) is 4.79 Å². The first-order chi connectivity index (χ1) is 10.0. The molecule has 3 rings (SSSR count). The molecule has 6 heteroatoms. The summed E-state index contributed by atoms with van der Waals surface area (Å²) in [6, 6.07) is 5.14. The molecule has 2 atom stereocenters. The quantitative estimate of drug-likeness (QED) is 0.775. The lowest BCUT2D eigenvalue weighted by Gasteiger charge is -2.41. The van der Waals surface area contributed by atoms with E-state index in [1.165, 1.54) is 0 Å². The Morgan fingerprint density at radius 1 is 1.33 bits per heavy atom. The summed E-state index contributed by atoms with van der Waals surface area (Å²) >= 11 is 5.96. The van der Waals surface area contributed by atoms with Crippen molar-refractivity contribution in [2.75, 3.05) is 18.8 Å². The Kier molecular flexibility index (Phi) is 3.76. The van der Waals surface area contributed by atoms with Crippen LogP contribution in [0.25, 0.3) is 0 Å². The number of nitrogen functional groups attached to an aromatic ring is 1. The van der Waals surface area contributed by atoms with E-state index in [1.807, 2.05) is 4.90 Å². The van der Waals surface area contributed by atoms with E-state index in [9.17, 15) is 9.59 Å². The monoisotopic (exact) mass is 307 g/mol. The standard InChI is InChI=1S/C15H18ClN3O2/c16-11-5-10(6-12(17)7-11)15(21)19-4-3-13-9(8-19)1-2-14(20)18-13/h5-7,9,13H,1-4,8,17H2,(H,18,20). The molecule has 0 radical (unpaired) electrons. The van der Waals surface area contributed by atoms with Crippen molar-refractivity contribution in [2.45, 2.75) is 25.3 Å². The number of nitrogens with two attached hydrogens (primary N) is 1. The molecule has 0 bridgehead atoms. The Hall–Kier alpha value is -1.75. The van der Waals surface area contributed by atoms with Gasteiger partial charge in [-0.3, -0.25) is 9.59 Å². The smallest absolute Gasteiger partial charge is 0.253 e. The fourth-order valence-electron chi connectivity index (χ4n) is 3.21. The molecule has 21 heavy (non-hydrogen) atoms. The second kappa shape index (κ2) is 5.56. The molecule has 2 heterocycles. The fraction of sp³-hybridized carbons (Fsp3) is 0.467. The number of carbonyl (C=O) groups is 2. The average molecular weight is 308 g/mol. The Morgan fingerprint density at radius 2 is 2.14 bits per heavy atom. The highest BCUT2D eigenvalue weighted by Gasteiger charge is 2.35. The zero-order chi connectivity index (χ0) is 15.0. The van der Waals surface area contributed by atoms with Crippen LogP contribution in [0, 0.1) is 5.92 Å². The van der Waals surface area contributed by atoms with Gasteiger partial charge >= 0.3 is 0 Å². The van der Waals surface area contributed by atoms with Crippen molar-refractivity contribution in [3.8, 4) is 0 Å². The van der Waals surface area contributed by atoms with Crippen LogP contribution in [0.4, 0.5) is 5.69 Å². The third-order valence-electron chi connectivity index (χ3n) is 4.28. The van der Waals surface area contributed by atoms with Crippen LogP contribution in [0.1, 0.15) is 29.6 Å². The lowest BCUT2D eigenvalue weighted by atomic mass is 9.85. The number of fused-ring (bicyclic) bond motifs is 1. The molecule has 2 amide bonds. The van der Waals surface area contributed by atoms with E-state index in [0.717, 1.165) is 12.8 Å². The van der Waals surface area contributed by atoms with E-state index in [2.05, 4.69) is 5.32 Å². The summed E-state index contributed by atoms with van der Waals surface area (Å²) in [6.45, 7) is 1.32. The molecule has 1 aromatic carbocycles. The first-order valence-corrected chi connectivity index (χ1v) is 7.55. The summed E-state index contributed by atoms with van der Waals surface area (Å²) in [5.41, 5.74) is 6.76. The summed E-state index contributed by atoms with van der Waals surface area (Å²) in [5, 5.41) is 3.49. The van der Waals surface area contributed by atoms with E-state index in [-0.39, 0.29) is 17.9 Å². The molecule has 0 aromatic heterocycles. The lowest BCUT2D eigenvalue weighted by Crippen LogP contribution is -2.55. The van der Waals surface area contributed by atoms with E-state index in [1.54, 1.807) is 18.2 Å². The number of likely N-dealkylation sites (tertiary alicyclic amines) is 1. The van der Waals surface area contributed by atoms with Crippen molar-refractivity contribution in [3.05, 3.63) is 28.8 Å². The largest absolute Gasteiger partial charge is 0.399 e. The van der Waals surface area contributed by atoms with Crippen LogP contribution < -0.4 is 11.1 Å². The number of benzene rings is 1. The van der Waals surface area contributed by atoms with Gasteiger partial charge < -0.3 is 16.0 Å². The molecule has 2 saturated heterocycles. The van der Waals surface area contributed by atoms with Crippen molar-refractivity contribution in [1.29, 1.82) is 0 Å². The van der Waals surface area contributed by atoms with Gasteiger partial charge in [0.1, 0.15) is 0 Å². The minimum Gasteiger partial charge on any atom is -0.399 e. The Labute approximate surface area is 128 Å². The number of carbonyl (C=O) groups excluding carboxylic acids is 2. The summed E-state index contributed by atoms with van der Waals surface area (Å²) in [4.78, 5) is 25.8.